The van der Waals surface area contributed by atoms with Gasteiger partial charge in [-0.1, -0.05) is 12.1 Å². The van der Waals surface area contributed by atoms with Crippen LogP contribution in [-0.2, 0) is 0 Å². The van der Waals surface area contributed by atoms with Gasteiger partial charge in [0.25, 0.3) is 0 Å². The topological polar surface area (TPSA) is 39.7 Å². The quantitative estimate of drug-likeness (QED) is 0.936. The second kappa shape index (κ2) is 5.56. The molecule has 0 fully saturated rings. The lowest BCUT2D eigenvalue weighted by molar-refractivity contribution is 0.209. The Hall–Kier alpha value is -2.36. The molecule has 21 heavy (non-hydrogen) atoms. The number of nitrogens with one attached hydrogen (secondary N) is 1. The van der Waals surface area contributed by atoms with Gasteiger partial charge < -0.3 is 19.5 Å². The van der Waals surface area contributed by atoms with Gasteiger partial charge in [-0.2, -0.15) is 0 Å². The van der Waals surface area contributed by atoms with E-state index in [9.17, 15) is 0 Å². The SMILES string of the molecule is COc1ccc(C2CNc3ccc(C)cc3O2)cc1OC. The Kier molecular flexibility index (Phi) is 3.60. The summed E-state index contributed by atoms with van der Waals surface area (Å²) in [7, 11) is 3.27. The zero-order valence-electron chi connectivity index (χ0n) is 12.5. The number of fused-ring (bicyclic) bond motifs is 1. The van der Waals surface area contributed by atoms with E-state index >= 15 is 0 Å². The number of benzene rings is 2. The van der Waals surface area contributed by atoms with Crippen molar-refractivity contribution in [1.29, 1.82) is 0 Å². The van der Waals surface area contributed by atoms with E-state index in [1.54, 1.807) is 14.2 Å². The van der Waals surface area contributed by atoms with Crippen LogP contribution in [0.5, 0.6) is 17.2 Å². The molecule has 1 atom stereocenters. The lowest BCUT2D eigenvalue weighted by Crippen LogP contribution is -2.23. The Morgan fingerprint density at radius 2 is 1.86 bits per heavy atom. The number of ether oxygens (including phenoxy) is 3. The minimum absolute atomic E-state index is 0.0425. The summed E-state index contributed by atoms with van der Waals surface area (Å²) < 4.78 is 16.7. The van der Waals surface area contributed by atoms with Gasteiger partial charge in [-0.25, -0.2) is 0 Å². The van der Waals surface area contributed by atoms with E-state index in [0.29, 0.717) is 5.75 Å². The molecule has 0 saturated heterocycles. The number of anilines is 1. The third-order valence-corrected chi connectivity index (χ3v) is 3.66. The first-order chi connectivity index (χ1) is 10.2. The zero-order valence-corrected chi connectivity index (χ0v) is 12.5. The summed E-state index contributed by atoms with van der Waals surface area (Å²) in [6.45, 7) is 2.79. The first kappa shape index (κ1) is 13.6. The highest BCUT2D eigenvalue weighted by Gasteiger charge is 2.22. The first-order valence-corrected chi connectivity index (χ1v) is 6.94. The van der Waals surface area contributed by atoms with Crippen LogP contribution < -0.4 is 19.5 Å². The molecule has 1 aliphatic rings. The van der Waals surface area contributed by atoms with Gasteiger partial charge in [0.05, 0.1) is 26.5 Å². The number of methoxy groups -OCH3 is 2. The molecule has 1 unspecified atom stereocenters. The fourth-order valence-electron chi connectivity index (χ4n) is 2.51. The summed E-state index contributed by atoms with van der Waals surface area (Å²) in [5, 5.41) is 3.41. The van der Waals surface area contributed by atoms with Crippen molar-refractivity contribution in [2.24, 2.45) is 0 Å². The van der Waals surface area contributed by atoms with Crippen LogP contribution in [0.15, 0.2) is 36.4 Å². The number of rotatable bonds is 3. The van der Waals surface area contributed by atoms with Crippen molar-refractivity contribution in [2.75, 3.05) is 26.1 Å². The predicted octanol–water partition coefficient (Wildman–Crippen LogP) is 3.56. The van der Waals surface area contributed by atoms with Gasteiger partial charge in [-0.15, -0.1) is 0 Å². The van der Waals surface area contributed by atoms with Crippen molar-refractivity contribution >= 4 is 5.69 Å². The van der Waals surface area contributed by atoms with Gasteiger partial charge in [0.15, 0.2) is 11.5 Å². The molecule has 2 aromatic rings. The molecule has 4 heteroatoms. The van der Waals surface area contributed by atoms with Gasteiger partial charge in [0, 0.05) is 0 Å². The number of hydrogen-bond donors (Lipinski definition) is 1. The summed E-state index contributed by atoms with van der Waals surface area (Å²) in [4.78, 5) is 0. The van der Waals surface area contributed by atoms with Gasteiger partial charge in [-0.3, -0.25) is 0 Å². The molecule has 4 nitrogen and oxygen atoms in total. The molecular formula is C17H19NO3. The summed E-state index contributed by atoms with van der Waals surface area (Å²) in [6, 6.07) is 12.1. The van der Waals surface area contributed by atoms with E-state index in [0.717, 1.165) is 29.3 Å². The van der Waals surface area contributed by atoms with E-state index in [-0.39, 0.29) is 6.10 Å². The summed E-state index contributed by atoms with van der Waals surface area (Å²) in [5.74, 6) is 2.33. The summed E-state index contributed by atoms with van der Waals surface area (Å²) in [5.41, 5.74) is 3.29. The average Bonchev–Trinajstić information content (AvgIpc) is 2.53. The van der Waals surface area contributed by atoms with Crippen molar-refractivity contribution in [3.8, 4) is 17.2 Å². The van der Waals surface area contributed by atoms with E-state index in [1.165, 1.54) is 5.56 Å². The van der Waals surface area contributed by atoms with Gasteiger partial charge >= 0.3 is 0 Å². The molecule has 1 aliphatic heterocycles. The maximum atomic E-state index is 6.11. The van der Waals surface area contributed by atoms with Crippen LogP contribution >= 0.6 is 0 Å². The van der Waals surface area contributed by atoms with Crippen LogP contribution in [0.2, 0.25) is 0 Å². The molecule has 0 radical (unpaired) electrons. The van der Waals surface area contributed by atoms with Crippen LogP contribution in [0.3, 0.4) is 0 Å². The van der Waals surface area contributed by atoms with Crippen molar-refractivity contribution in [1.82, 2.24) is 0 Å². The average molecular weight is 285 g/mol. The smallest absolute Gasteiger partial charge is 0.161 e. The van der Waals surface area contributed by atoms with Crippen LogP contribution in [0.4, 0.5) is 5.69 Å². The van der Waals surface area contributed by atoms with E-state index < -0.39 is 0 Å². The first-order valence-electron chi connectivity index (χ1n) is 6.94. The highest BCUT2D eigenvalue weighted by Crippen LogP contribution is 2.37. The predicted molar refractivity (Wildman–Crippen MR) is 82.6 cm³/mol. The molecular weight excluding hydrogens is 266 g/mol. The summed E-state index contributed by atoms with van der Waals surface area (Å²) >= 11 is 0. The highest BCUT2D eigenvalue weighted by atomic mass is 16.5. The fourth-order valence-corrected chi connectivity index (χ4v) is 2.51. The highest BCUT2D eigenvalue weighted by molar-refractivity contribution is 5.59. The van der Waals surface area contributed by atoms with Crippen LogP contribution in [-0.4, -0.2) is 20.8 Å². The molecule has 2 aromatic carbocycles. The monoisotopic (exact) mass is 285 g/mol. The Morgan fingerprint density at radius 3 is 2.62 bits per heavy atom. The minimum Gasteiger partial charge on any atom is -0.493 e. The normalized spacial score (nSPS) is 16.4. The fraction of sp³-hybridized carbons (Fsp3) is 0.294. The second-order valence-electron chi connectivity index (χ2n) is 5.10. The largest absolute Gasteiger partial charge is 0.493 e. The molecule has 0 aliphatic carbocycles. The molecule has 1 heterocycles. The molecule has 0 spiro atoms. The van der Waals surface area contributed by atoms with Crippen LogP contribution in [0.1, 0.15) is 17.2 Å². The molecule has 0 aromatic heterocycles. The minimum atomic E-state index is -0.0425. The van der Waals surface area contributed by atoms with Crippen molar-refractivity contribution in [3.05, 3.63) is 47.5 Å². The maximum absolute atomic E-state index is 6.11. The summed E-state index contributed by atoms with van der Waals surface area (Å²) in [6.07, 6.45) is -0.0425. The molecule has 0 saturated carbocycles. The third-order valence-electron chi connectivity index (χ3n) is 3.66. The Bertz CT molecular complexity index is 654. The molecule has 1 N–H and O–H groups in total. The van der Waals surface area contributed by atoms with Gasteiger partial charge in [-0.05, 0) is 42.3 Å². The van der Waals surface area contributed by atoms with E-state index in [1.807, 2.05) is 18.2 Å². The van der Waals surface area contributed by atoms with Crippen LogP contribution in [0.25, 0.3) is 0 Å². The number of aryl methyl sites for hydroxylation is 1. The van der Waals surface area contributed by atoms with Crippen molar-refractivity contribution in [2.45, 2.75) is 13.0 Å². The van der Waals surface area contributed by atoms with Gasteiger partial charge in [0.2, 0.25) is 0 Å². The zero-order chi connectivity index (χ0) is 14.8. The second-order valence-corrected chi connectivity index (χ2v) is 5.10. The lowest BCUT2D eigenvalue weighted by Gasteiger charge is -2.28. The number of hydrogen-bond acceptors (Lipinski definition) is 4. The maximum Gasteiger partial charge on any atom is 0.161 e. The van der Waals surface area contributed by atoms with Gasteiger partial charge in [0.1, 0.15) is 11.9 Å². The van der Waals surface area contributed by atoms with Crippen molar-refractivity contribution in [3.63, 3.8) is 0 Å². The Labute approximate surface area is 124 Å². The molecule has 3 rings (SSSR count). The van der Waals surface area contributed by atoms with Crippen molar-refractivity contribution < 1.29 is 14.2 Å². The third kappa shape index (κ3) is 2.61. The molecule has 110 valence electrons. The molecule has 0 amide bonds. The van der Waals surface area contributed by atoms with E-state index in [4.69, 9.17) is 14.2 Å². The Morgan fingerprint density at radius 1 is 1.05 bits per heavy atom. The molecule has 0 bridgehead atoms. The van der Waals surface area contributed by atoms with E-state index in [2.05, 4.69) is 30.4 Å². The Balaban J connectivity index is 1.89. The lowest BCUT2D eigenvalue weighted by atomic mass is 10.1. The standard InChI is InChI=1S/C17H19NO3/c1-11-4-6-13-15(8-11)21-17(10-18-13)12-5-7-14(19-2)16(9-12)20-3/h4-9,17-18H,10H2,1-3H3. The van der Waals surface area contributed by atoms with Crippen LogP contribution in [0, 0.1) is 6.92 Å².